The van der Waals surface area contributed by atoms with Crippen LogP contribution in [-0.2, 0) is 0 Å². The zero-order chi connectivity index (χ0) is 5.70. The topological polar surface area (TPSA) is 0 Å². The summed E-state index contributed by atoms with van der Waals surface area (Å²) in [6.45, 7) is 6.79. The Hall–Kier alpha value is 0. The van der Waals surface area contributed by atoms with Crippen molar-refractivity contribution in [1.82, 2.24) is 0 Å². The molecule has 0 aliphatic heterocycles. The van der Waals surface area contributed by atoms with E-state index in [1.54, 1.807) is 0 Å². The van der Waals surface area contributed by atoms with Gasteiger partial charge in [0, 0.05) is 0 Å². The molecule has 0 saturated carbocycles. The number of rotatable bonds is 3. The zero-order valence-corrected chi connectivity index (χ0v) is 5.70. The third-order valence-electron chi connectivity index (χ3n) is 1.14. The molecule has 0 heterocycles. The first-order valence-electron chi connectivity index (χ1n) is 3.27. The van der Waals surface area contributed by atoms with Crippen molar-refractivity contribution in [1.29, 1.82) is 0 Å². The van der Waals surface area contributed by atoms with Crippen molar-refractivity contribution in [2.45, 2.75) is 69.7 Å². The van der Waals surface area contributed by atoms with E-state index in [-0.39, 0.29) is 29.7 Å². The molecule has 0 amide bonds. The molecule has 0 aliphatic carbocycles. The maximum Gasteiger partial charge on any atom is -0.0471 e. The minimum absolute atomic E-state index is 0. The first-order valence-corrected chi connectivity index (χ1v) is 3.27. The van der Waals surface area contributed by atoms with Crippen LogP contribution in [0.3, 0.4) is 0 Å². The van der Waals surface area contributed by atoms with Crippen LogP contribution in [0.2, 0.25) is 0 Å². The fourth-order valence-corrected chi connectivity index (χ4v) is 0.612. The molecular formula is C11H32. The lowest BCUT2D eigenvalue weighted by Gasteiger charge is -1.98. The van der Waals surface area contributed by atoms with Gasteiger partial charge in [0.05, 0.1) is 0 Å². The van der Waals surface area contributed by atoms with Gasteiger partial charge in [-0.1, -0.05) is 69.7 Å². The monoisotopic (exact) mass is 164 g/mol. The zero-order valence-electron chi connectivity index (χ0n) is 5.70. The third kappa shape index (κ3) is 40.0. The smallest absolute Gasteiger partial charge is 0.0471 e. The molecule has 0 aromatic heterocycles. The van der Waals surface area contributed by atoms with E-state index in [1.807, 2.05) is 0 Å². The van der Waals surface area contributed by atoms with Crippen LogP contribution in [0.25, 0.3) is 0 Å². The second-order valence-corrected chi connectivity index (χ2v) is 2.54. The highest BCUT2D eigenvalue weighted by atomic mass is 13.9. The van der Waals surface area contributed by atoms with E-state index < -0.39 is 0 Å². The first kappa shape index (κ1) is 30.6. The Bertz CT molecular complexity index is 29.0. The van der Waals surface area contributed by atoms with E-state index in [0.717, 1.165) is 5.92 Å². The maximum atomic E-state index is 2.27. The molecule has 0 nitrogen and oxygen atoms in total. The van der Waals surface area contributed by atoms with E-state index in [9.17, 15) is 0 Å². The van der Waals surface area contributed by atoms with Crippen LogP contribution in [-0.4, -0.2) is 0 Å². The van der Waals surface area contributed by atoms with Crippen molar-refractivity contribution in [3.8, 4) is 0 Å². The van der Waals surface area contributed by atoms with Gasteiger partial charge in [0.15, 0.2) is 0 Å². The standard InChI is InChI=1S/C7H16.4CH4/c1-4-5-6-7(2)3;;;;/h7H,4-6H2,1-3H3;4*1H4. The summed E-state index contributed by atoms with van der Waals surface area (Å²) in [4.78, 5) is 0. The van der Waals surface area contributed by atoms with Gasteiger partial charge in [0.1, 0.15) is 0 Å². The molecule has 0 N–H and O–H groups in total. The molecule has 0 atom stereocenters. The quantitative estimate of drug-likeness (QED) is 0.525. The van der Waals surface area contributed by atoms with Crippen molar-refractivity contribution in [3.63, 3.8) is 0 Å². The molecule has 0 unspecified atom stereocenters. The molecule has 76 valence electrons. The highest BCUT2D eigenvalue weighted by Crippen LogP contribution is 2.04. The van der Waals surface area contributed by atoms with E-state index >= 15 is 0 Å². The fraction of sp³-hybridized carbons (Fsp3) is 1.00. The second-order valence-electron chi connectivity index (χ2n) is 2.54. The molecule has 0 bridgehead atoms. The Morgan fingerprint density at radius 1 is 0.909 bits per heavy atom. The van der Waals surface area contributed by atoms with Gasteiger partial charge >= 0.3 is 0 Å². The van der Waals surface area contributed by atoms with Crippen molar-refractivity contribution in [3.05, 3.63) is 0 Å². The van der Waals surface area contributed by atoms with E-state index in [4.69, 9.17) is 0 Å². The second kappa shape index (κ2) is 22.5. The van der Waals surface area contributed by atoms with Crippen LogP contribution in [0.5, 0.6) is 0 Å². The number of hydrogen-bond donors (Lipinski definition) is 0. The summed E-state index contributed by atoms with van der Waals surface area (Å²) >= 11 is 0. The minimum atomic E-state index is 0. The minimum Gasteiger partial charge on any atom is -0.0776 e. The number of unbranched alkanes of at least 4 members (excludes halogenated alkanes) is 1. The molecule has 0 radical (unpaired) electrons. The van der Waals surface area contributed by atoms with E-state index in [0.29, 0.717) is 0 Å². The SMILES string of the molecule is C.C.C.C.CCCCC(C)C. The molecule has 0 saturated heterocycles. The van der Waals surface area contributed by atoms with Crippen LogP contribution in [0.1, 0.15) is 69.7 Å². The summed E-state index contributed by atoms with van der Waals surface area (Å²) in [6, 6.07) is 0. The van der Waals surface area contributed by atoms with Gasteiger partial charge in [-0.15, -0.1) is 0 Å². The largest absolute Gasteiger partial charge is 0.0776 e. The normalized spacial score (nSPS) is 6.55. The molecule has 11 heavy (non-hydrogen) atoms. The summed E-state index contributed by atoms with van der Waals surface area (Å²) in [5, 5.41) is 0. The molecular weight excluding hydrogens is 132 g/mol. The average Bonchev–Trinajstić information content (AvgIpc) is 1.61. The lowest BCUT2D eigenvalue weighted by molar-refractivity contribution is 0.550. The first-order chi connectivity index (χ1) is 3.27. The summed E-state index contributed by atoms with van der Waals surface area (Å²) in [5.41, 5.74) is 0. The lowest BCUT2D eigenvalue weighted by Crippen LogP contribution is -1.83. The van der Waals surface area contributed by atoms with Gasteiger partial charge in [-0.05, 0) is 5.92 Å². The number of hydrogen-bond acceptors (Lipinski definition) is 0. The van der Waals surface area contributed by atoms with Crippen molar-refractivity contribution in [2.24, 2.45) is 5.92 Å². The van der Waals surface area contributed by atoms with Crippen LogP contribution in [0, 0.1) is 5.92 Å². The van der Waals surface area contributed by atoms with Crippen LogP contribution in [0.4, 0.5) is 0 Å². The van der Waals surface area contributed by atoms with Crippen LogP contribution in [0.15, 0.2) is 0 Å². The van der Waals surface area contributed by atoms with E-state index in [1.165, 1.54) is 19.3 Å². The lowest BCUT2D eigenvalue weighted by atomic mass is 10.1. The molecule has 0 aromatic rings. The molecule has 0 spiro atoms. The van der Waals surface area contributed by atoms with Crippen LogP contribution < -0.4 is 0 Å². The van der Waals surface area contributed by atoms with Gasteiger partial charge < -0.3 is 0 Å². The highest BCUT2D eigenvalue weighted by Gasteiger charge is 1.88. The predicted octanol–water partition coefficient (Wildman–Crippen LogP) is 5.38. The van der Waals surface area contributed by atoms with Crippen LogP contribution >= 0.6 is 0 Å². The summed E-state index contributed by atoms with van der Waals surface area (Å²) in [5.74, 6) is 0.903. The highest BCUT2D eigenvalue weighted by molar-refractivity contribution is 4.42. The Balaban J connectivity index is -0.0000000300. The van der Waals surface area contributed by atoms with Gasteiger partial charge in [0.25, 0.3) is 0 Å². The summed E-state index contributed by atoms with van der Waals surface area (Å²) < 4.78 is 0. The molecule has 0 heteroatoms. The fourth-order valence-electron chi connectivity index (χ4n) is 0.612. The summed E-state index contributed by atoms with van der Waals surface area (Å²) in [7, 11) is 0. The predicted molar refractivity (Wildman–Crippen MR) is 61.3 cm³/mol. The van der Waals surface area contributed by atoms with Gasteiger partial charge in [-0.3, -0.25) is 0 Å². The summed E-state index contributed by atoms with van der Waals surface area (Å²) in [6.07, 6.45) is 4.15. The Kier molecular flexibility index (Phi) is 62.5. The molecule has 0 aliphatic rings. The van der Waals surface area contributed by atoms with Gasteiger partial charge in [0.2, 0.25) is 0 Å². The molecule has 0 rings (SSSR count). The van der Waals surface area contributed by atoms with Crippen molar-refractivity contribution >= 4 is 0 Å². The third-order valence-corrected chi connectivity index (χ3v) is 1.14. The van der Waals surface area contributed by atoms with Crippen molar-refractivity contribution in [2.75, 3.05) is 0 Å². The van der Waals surface area contributed by atoms with E-state index in [2.05, 4.69) is 20.8 Å². The molecule has 0 aromatic carbocycles. The van der Waals surface area contributed by atoms with Crippen molar-refractivity contribution < 1.29 is 0 Å². The molecule has 0 fully saturated rings. The Labute approximate surface area is 76.4 Å². The van der Waals surface area contributed by atoms with Gasteiger partial charge in [-0.2, -0.15) is 0 Å². The van der Waals surface area contributed by atoms with Gasteiger partial charge in [-0.25, -0.2) is 0 Å². The Morgan fingerprint density at radius 3 is 1.36 bits per heavy atom. The Morgan fingerprint density at radius 2 is 1.27 bits per heavy atom. The average molecular weight is 164 g/mol. The maximum absolute atomic E-state index is 2.27.